The van der Waals surface area contributed by atoms with E-state index >= 15 is 0 Å². The maximum Gasteiger partial charge on any atom is 0.329 e. The highest BCUT2D eigenvalue weighted by atomic mass is 35.5. The van der Waals surface area contributed by atoms with Crippen LogP contribution < -0.4 is 20.2 Å². The second-order valence-corrected chi connectivity index (χ2v) is 5.48. The van der Waals surface area contributed by atoms with Gasteiger partial charge in [-0.25, -0.2) is 5.43 Å². The third kappa shape index (κ3) is 5.22. The van der Waals surface area contributed by atoms with E-state index in [1.54, 1.807) is 24.3 Å². The van der Waals surface area contributed by atoms with Crippen molar-refractivity contribution in [1.29, 1.82) is 0 Å². The van der Waals surface area contributed by atoms with Crippen LogP contribution in [-0.4, -0.2) is 32.2 Å². The molecule has 0 heterocycles. The highest BCUT2D eigenvalue weighted by Gasteiger charge is 2.09. The molecule has 0 aliphatic carbocycles. The van der Waals surface area contributed by atoms with Gasteiger partial charge < -0.3 is 14.8 Å². The molecule has 0 atom stereocenters. The van der Waals surface area contributed by atoms with Crippen molar-refractivity contribution in [3.63, 3.8) is 0 Å². The van der Waals surface area contributed by atoms with Gasteiger partial charge in [0.25, 0.3) is 0 Å². The summed E-state index contributed by atoms with van der Waals surface area (Å²) in [6, 6.07) is 12.6. The van der Waals surface area contributed by atoms with Crippen LogP contribution in [0.15, 0.2) is 47.6 Å². The highest BCUT2D eigenvalue weighted by Crippen LogP contribution is 2.29. The average Bonchev–Trinajstić information content (AvgIpc) is 2.67. The first-order valence-corrected chi connectivity index (χ1v) is 8.02. The number of carbonyl (C=O) groups is 2. The third-order valence-electron chi connectivity index (χ3n) is 3.34. The Hall–Kier alpha value is -3.06. The number of carbonyl (C=O) groups excluding carboxylic acids is 2. The number of methoxy groups -OCH3 is 1. The third-order valence-corrected chi connectivity index (χ3v) is 3.71. The largest absolute Gasteiger partial charge is 0.493 e. The number of halogens is 1. The molecule has 0 radical (unpaired) electrons. The van der Waals surface area contributed by atoms with E-state index in [9.17, 15) is 9.59 Å². The fourth-order valence-corrected chi connectivity index (χ4v) is 2.17. The van der Waals surface area contributed by atoms with Crippen LogP contribution in [0.25, 0.3) is 0 Å². The minimum Gasteiger partial charge on any atom is -0.493 e. The van der Waals surface area contributed by atoms with E-state index in [0.29, 0.717) is 28.7 Å². The zero-order chi connectivity index (χ0) is 18.9. The number of rotatable bonds is 6. The minimum absolute atomic E-state index is 0.297. The molecule has 0 unspecified atom stereocenters. The van der Waals surface area contributed by atoms with Crippen LogP contribution >= 0.6 is 11.6 Å². The summed E-state index contributed by atoms with van der Waals surface area (Å²) in [5.41, 5.74) is 3.64. The van der Waals surface area contributed by atoms with Gasteiger partial charge in [-0.05, 0) is 29.8 Å². The summed E-state index contributed by atoms with van der Waals surface area (Å²) in [6.07, 6.45) is 1.39. The van der Waals surface area contributed by atoms with Gasteiger partial charge in [-0.2, -0.15) is 5.10 Å². The summed E-state index contributed by atoms with van der Waals surface area (Å²) in [7, 11) is 2.88. The molecular weight excluding hydrogens is 358 g/mol. The number of hydrogen-bond acceptors (Lipinski definition) is 5. The van der Waals surface area contributed by atoms with E-state index in [0.717, 1.165) is 5.56 Å². The number of ether oxygens (including phenoxy) is 2. The molecule has 0 saturated carbocycles. The number of hydrogen-bond donors (Lipinski definition) is 2. The van der Waals surface area contributed by atoms with Crippen molar-refractivity contribution in [2.75, 3.05) is 14.2 Å². The van der Waals surface area contributed by atoms with Gasteiger partial charge in [-0.3, -0.25) is 9.59 Å². The van der Waals surface area contributed by atoms with E-state index in [1.165, 1.54) is 20.4 Å². The normalized spacial score (nSPS) is 10.4. The molecule has 0 aliphatic rings. The van der Waals surface area contributed by atoms with E-state index in [2.05, 4.69) is 15.8 Å². The fraction of sp³-hybridized carbons (Fsp3) is 0.167. The van der Waals surface area contributed by atoms with E-state index in [4.69, 9.17) is 21.1 Å². The van der Waals surface area contributed by atoms with Gasteiger partial charge in [0.1, 0.15) is 6.61 Å². The van der Waals surface area contributed by atoms with E-state index in [1.807, 2.05) is 18.2 Å². The van der Waals surface area contributed by atoms with Crippen molar-refractivity contribution in [3.05, 3.63) is 58.6 Å². The molecule has 0 saturated heterocycles. The number of nitrogens with zero attached hydrogens (tertiary/aromatic N) is 1. The molecule has 2 amide bonds. The first-order valence-electron chi connectivity index (χ1n) is 7.64. The molecular formula is C18H18ClN3O4. The quantitative estimate of drug-likeness (QED) is 0.460. The Morgan fingerprint density at radius 2 is 1.92 bits per heavy atom. The van der Waals surface area contributed by atoms with Gasteiger partial charge in [-0.15, -0.1) is 0 Å². The van der Waals surface area contributed by atoms with Crippen molar-refractivity contribution in [1.82, 2.24) is 10.7 Å². The predicted octanol–water partition coefficient (Wildman–Crippen LogP) is 2.12. The molecule has 0 aromatic heterocycles. The average molecular weight is 376 g/mol. The molecule has 2 rings (SSSR count). The van der Waals surface area contributed by atoms with Gasteiger partial charge in [0.15, 0.2) is 11.5 Å². The predicted molar refractivity (Wildman–Crippen MR) is 98.6 cm³/mol. The summed E-state index contributed by atoms with van der Waals surface area (Å²) < 4.78 is 11.1. The molecule has 7 nitrogen and oxygen atoms in total. The lowest BCUT2D eigenvalue weighted by molar-refractivity contribution is -0.138. The van der Waals surface area contributed by atoms with Crippen molar-refractivity contribution in [2.24, 2.45) is 5.10 Å². The number of hydrazone groups is 1. The Labute approximate surface area is 155 Å². The molecule has 0 fully saturated rings. The number of benzene rings is 2. The number of nitrogens with one attached hydrogen (secondary N) is 2. The zero-order valence-electron chi connectivity index (χ0n) is 14.3. The summed E-state index contributed by atoms with van der Waals surface area (Å²) in [6.45, 7) is 0.297. The standard InChI is InChI=1S/C18H18ClN3O4/c1-20-17(23)18(24)22-21-10-12-7-8-15(16(9-12)25-2)26-11-13-5-3-4-6-14(13)19/h3-10H,11H2,1-2H3,(H,20,23)(H,22,24)/b21-10+. The second-order valence-electron chi connectivity index (χ2n) is 5.07. The van der Waals surface area contributed by atoms with E-state index in [-0.39, 0.29) is 0 Å². The minimum atomic E-state index is -0.851. The molecule has 2 aromatic rings. The second kappa shape index (κ2) is 9.43. The Kier molecular flexibility index (Phi) is 6.99. The lowest BCUT2D eigenvalue weighted by Gasteiger charge is -2.12. The molecule has 26 heavy (non-hydrogen) atoms. The Morgan fingerprint density at radius 3 is 2.62 bits per heavy atom. The highest BCUT2D eigenvalue weighted by molar-refractivity contribution is 6.35. The Bertz CT molecular complexity index is 824. The van der Waals surface area contributed by atoms with Crippen LogP contribution in [0, 0.1) is 0 Å². The van der Waals surface area contributed by atoms with Crippen LogP contribution in [0.4, 0.5) is 0 Å². The van der Waals surface area contributed by atoms with Gasteiger partial charge in [-0.1, -0.05) is 29.8 Å². The summed E-state index contributed by atoms with van der Waals surface area (Å²) in [5, 5.41) is 6.55. The lowest BCUT2D eigenvalue weighted by atomic mass is 10.2. The lowest BCUT2D eigenvalue weighted by Crippen LogP contribution is -2.35. The van der Waals surface area contributed by atoms with Crippen LogP contribution in [0.5, 0.6) is 11.5 Å². The van der Waals surface area contributed by atoms with Gasteiger partial charge in [0, 0.05) is 17.6 Å². The van der Waals surface area contributed by atoms with Crippen molar-refractivity contribution in [3.8, 4) is 11.5 Å². The van der Waals surface area contributed by atoms with Crippen LogP contribution in [0.2, 0.25) is 5.02 Å². The maximum absolute atomic E-state index is 11.3. The fourth-order valence-electron chi connectivity index (χ4n) is 1.98. The molecule has 8 heteroatoms. The van der Waals surface area contributed by atoms with Gasteiger partial charge in [0.05, 0.1) is 13.3 Å². The van der Waals surface area contributed by atoms with E-state index < -0.39 is 11.8 Å². The molecule has 0 aliphatic heterocycles. The number of amides is 2. The zero-order valence-corrected chi connectivity index (χ0v) is 15.0. The van der Waals surface area contributed by atoms with Gasteiger partial charge >= 0.3 is 11.8 Å². The van der Waals surface area contributed by atoms with Crippen LogP contribution in [0.3, 0.4) is 0 Å². The number of likely N-dealkylation sites (N-methyl/N-ethyl adjacent to an activating group) is 1. The first-order chi connectivity index (χ1) is 12.5. The SMILES string of the molecule is CNC(=O)C(=O)N/N=C/c1ccc(OCc2ccccc2Cl)c(OC)c1. The molecule has 136 valence electrons. The smallest absolute Gasteiger partial charge is 0.329 e. The molecule has 0 bridgehead atoms. The molecule has 2 aromatic carbocycles. The van der Waals surface area contributed by atoms with Crippen molar-refractivity contribution >= 4 is 29.6 Å². The van der Waals surface area contributed by atoms with Gasteiger partial charge in [0.2, 0.25) is 0 Å². The molecule has 2 N–H and O–H groups in total. The van der Waals surface area contributed by atoms with Crippen LogP contribution in [-0.2, 0) is 16.2 Å². The Balaban J connectivity index is 2.03. The van der Waals surface area contributed by atoms with Crippen molar-refractivity contribution in [2.45, 2.75) is 6.61 Å². The first kappa shape index (κ1) is 19.3. The molecule has 0 spiro atoms. The summed E-state index contributed by atoms with van der Waals surface area (Å²) in [5.74, 6) is -0.587. The Morgan fingerprint density at radius 1 is 1.15 bits per heavy atom. The van der Waals surface area contributed by atoms with Crippen molar-refractivity contribution < 1.29 is 19.1 Å². The van der Waals surface area contributed by atoms with Crippen LogP contribution in [0.1, 0.15) is 11.1 Å². The summed E-state index contributed by atoms with van der Waals surface area (Å²) >= 11 is 6.11. The summed E-state index contributed by atoms with van der Waals surface area (Å²) in [4.78, 5) is 22.4. The topological polar surface area (TPSA) is 89.0 Å². The monoisotopic (exact) mass is 375 g/mol. The maximum atomic E-state index is 11.3.